The first-order valence-corrected chi connectivity index (χ1v) is 10.8. The molecular formula is C24H21ClFN3O2. The van der Waals surface area contributed by atoms with E-state index in [4.69, 9.17) is 11.6 Å². The van der Waals surface area contributed by atoms with Gasteiger partial charge in [0.05, 0.1) is 5.52 Å². The third-order valence-corrected chi connectivity index (χ3v) is 6.76. The molecule has 7 heteroatoms. The van der Waals surface area contributed by atoms with Crippen LogP contribution in [0.1, 0.15) is 24.3 Å². The second-order valence-corrected chi connectivity index (χ2v) is 8.86. The predicted octanol–water partition coefficient (Wildman–Crippen LogP) is 4.62. The van der Waals surface area contributed by atoms with Crippen molar-refractivity contribution in [2.45, 2.75) is 18.8 Å². The van der Waals surface area contributed by atoms with Crippen molar-refractivity contribution in [2.24, 2.45) is 11.8 Å². The number of hydrogen-bond acceptors (Lipinski definition) is 3. The highest BCUT2D eigenvalue weighted by Gasteiger charge is 2.44. The Morgan fingerprint density at radius 3 is 2.45 bits per heavy atom. The molecule has 2 aliphatic rings. The highest BCUT2D eigenvalue weighted by atomic mass is 35.5. The van der Waals surface area contributed by atoms with Gasteiger partial charge >= 0.3 is 11.8 Å². The zero-order chi connectivity index (χ0) is 21.5. The van der Waals surface area contributed by atoms with Crippen LogP contribution in [0.15, 0.2) is 54.7 Å². The molecule has 1 aliphatic heterocycles. The van der Waals surface area contributed by atoms with Crippen molar-refractivity contribution in [3.63, 3.8) is 0 Å². The van der Waals surface area contributed by atoms with Crippen LogP contribution in [0.4, 0.5) is 10.1 Å². The van der Waals surface area contributed by atoms with E-state index in [0.29, 0.717) is 41.6 Å². The maximum Gasteiger partial charge on any atom is 0.313 e. The molecule has 2 heterocycles. The average molecular weight is 438 g/mol. The molecule has 3 aromatic rings. The Balaban J connectivity index is 1.25. The van der Waals surface area contributed by atoms with E-state index >= 15 is 0 Å². The molecule has 0 spiro atoms. The lowest BCUT2D eigenvalue weighted by atomic mass is 9.93. The van der Waals surface area contributed by atoms with Crippen molar-refractivity contribution in [2.75, 3.05) is 18.4 Å². The number of amides is 2. The van der Waals surface area contributed by atoms with Gasteiger partial charge in [-0.2, -0.15) is 0 Å². The molecule has 2 amide bonds. The van der Waals surface area contributed by atoms with E-state index in [-0.39, 0.29) is 5.82 Å². The summed E-state index contributed by atoms with van der Waals surface area (Å²) in [6, 6.07) is 13.3. The molecule has 2 unspecified atom stereocenters. The van der Waals surface area contributed by atoms with Crippen LogP contribution in [0, 0.1) is 17.7 Å². The fourth-order valence-electron chi connectivity index (χ4n) is 5.08. The summed E-state index contributed by atoms with van der Waals surface area (Å²) in [4.78, 5) is 31.0. The summed E-state index contributed by atoms with van der Waals surface area (Å²) in [7, 11) is 0. The number of anilines is 1. The molecule has 2 fully saturated rings. The quantitative estimate of drug-likeness (QED) is 0.595. The predicted molar refractivity (Wildman–Crippen MR) is 117 cm³/mol. The molecule has 0 radical (unpaired) electrons. The first-order valence-electron chi connectivity index (χ1n) is 10.4. The Bertz CT molecular complexity index is 1150. The van der Waals surface area contributed by atoms with Crippen molar-refractivity contribution in [3.05, 3.63) is 71.1 Å². The number of benzene rings is 2. The minimum Gasteiger partial charge on any atom is -0.334 e. The maximum absolute atomic E-state index is 13.8. The molecule has 1 saturated carbocycles. The normalized spacial score (nSPS) is 22.5. The molecule has 1 aliphatic carbocycles. The SMILES string of the molecule is O=C(Nc1ccc(Cl)cc1)C(=O)N1CC2CC(c3ccnc4ccc(F)cc34)C[C@@H]2C1. The Hall–Kier alpha value is -2.99. The second kappa shape index (κ2) is 7.93. The fourth-order valence-corrected chi connectivity index (χ4v) is 5.20. The van der Waals surface area contributed by atoms with Gasteiger partial charge in [0, 0.05) is 35.4 Å². The van der Waals surface area contributed by atoms with Gasteiger partial charge < -0.3 is 10.2 Å². The third kappa shape index (κ3) is 3.88. The zero-order valence-corrected chi connectivity index (χ0v) is 17.5. The summed E-state index contributed by atoms with van der Waals surface area (Å²) in [5.41, 5.74) is 2.46. The molecule has 31 heavy (non-hydrogen) atoms. The number of likely N-dealkylation sites (tertiary alicyclic amines) is 1. The van der Waals surface area contributed by atoms with Gasteiger partial charge in [0.2, 0.25) is 0 Å². The molecule has 5 rings (SSSR count). The van der Waals surface area contributed by atoms with Crippen LogP contribution in [0.25, 0.3) is 10.9 Å². The van der Waals surface area contributed by atoms with Gasteiger partial charge in [-0.1, -0.05) is 11.6 Å². The number of pyridine rings is 1. The molecular weight excluding hydrogens is 417 g/mol. The lowest BCUT2D eigenvalue weighted by molar-refractivity contribution is -0.142. The zero-order valence-electron chi connectivity index (χ0n) is 16.7. The number of rotatable bonds is 2. The van der Waals surface area contributed by atoms with E-state index in [1.54, 1.807) is 47.5 Å². The van der Waals surface area contributed by atoms with Crippen LogP contribution < -0.4 is 5.32 Å². The van der Waals surface area contributed by atoms with E-state index in [0.717, 1.165) is 29.3 Å². The maximum atomic E-state index is 13.8. The number of nitrogens with zero attached hydrogens (tertiary/aromatic N) is 2. The Morgan fingerprint density at radius 2 is 1.74 bits per heavy atom. The topological polar surface area (TPSA) is 62.3 Å². The summed E-state index contributed by atoms with van der Waals surface area (Å²) in [6.07, 6.45) is 3.62. The van der Waals surface area contributed by atoms with Crippen molar-refractivity contribution < 1.29 is 14.0 Å². The Labute approximate surface area is 184 Å². The summed E-state index contributed by atoms with van der Waals surface area (Å²) >= 11 is 5.85. The van der Waals surface area contributed by atoms with Gasteiger partial charge in [0.25, 0.3) is 0 Å². The van der Waals surface area contributed by atoms with Crippen molar-refractivity contribution in [1.29, 1.82) is 0 Å². The van der Waals surface area contributed by atoms with Crippen LogP contribution in [0.3, 0.4) is 0 Å². The number of carbonyl (C=O) groups excluding carboxylic acids is 2. The lowest BCUT2D eigenvalue weighted by Gasteiger charge is -2.20. The van der Waals surface area contributed by atoms with Gasteiger partial charge in [-0.3, -0.25) is 14.6 Å². The minimum absolute atomic E-state index is 0.261. The third-order valence-electron chi connectivity index (χ3n) is 6.51. The van der Waals surface area contributed by atoms with Gasteiger partial charge in [0.15, 0.2) is 0 Å². The lowest BCUT2D eigenvalue weighted by Crippen LogP contribution is -2.38. The number of carbonyl (C=O) groups is 2. The molecule has 0 bridgehead atoms. The van der Waals surface area contributed by atoms with Crippen LogP contribution in [-0.4, -0.2) is 34.8 Å². The van der Waals surface area contributed by atoms with Crippen LogP contribution in [0.5, 0.6) is 0 Å². The van der Waals surface area contributed by atoms with Gasteiger partial charge in [-0.05, 0) is 84.7 Å². The van der Waals surface area contributed by atoms with Crippen LogP contribution >= 0.6 is 11.6 Å². The Morgan fingerprint density at radius 1 is 1.03 bits per heavy atom. The molecule has 2 aromatic carbocycles. The average Bonchev–Trinajstić information content (AvgIpc) is 3.33. The second-order valence-electron chi connectivity index (χ2n) is 8.42. The highest BCUT2D eigenvalue weighted by Crippen LogP contribution is 2.47. The molecule has 1 aromatic heterocycles. The van der Waals surface area contributed by atoms with Gasteiger partial charge in [-0.25, -0.2) is 4.39 Å². The molecule has 1 N–H and O–H groups in total. The van der Waals surface area contributed by atoms with E-state index in [1.165, 1.54) is 6.07 Å². The summed E-state index contributed by atoms with van der Waals surface area (Å²) in [5, 5.41) is 4.07. The Kier molecular flexibility index (Phi) is 5.10. The minimum atomic E-state index is -0.630. The van der Waals surface area contributed by atoms with Crippen molar-refractivity contribution >= 4 is 40.0 Å². The van der Waals surface area contributed by atoms with Crippen molar-refractivity contribution in [3.8, 4) is 0 Å². The first kappa shape index (κ1) is 19.9. The van der Waals surface area contributed by atoms with Gasteiger partial charge in [-0.15, -0.1) is 0 Å². The van der Waals surface area contributed by atoms with Crippen LogP contribution in [0.2, 0.25) is 5.02 Å². The first-order chi connectivity index (χ1) is 15.0. The van der Waals surface area contributed by atoms with E-state index in [1.807, 2.05) is 6.07 Å². The van der Waals surface area contributed by atoms with E-state index in [2.05, 4.69) is 10.3 Å². The number of halogens is 2. The van der Waals surface area contributed by atoms with Crippen molar-refractivity contribution in [1.82, 2.24) is 9.88 Å². The molecule has 1 saturated heterocycles. The molecule has 158 valence electrons. The summed E-state index contributed by atoms with van der Waals surface area (Å²) in [6.45, 7) is 1.15. The van der Waals surface area contributed by atoms with E-state index < -0.39 is 11.8 Å². The molecule has 3 atom stereocenters. The fraction of sp³-hybridized carbons (Fsp3) is 0.292. The highest BCUT2D eigenvalue weighted by molar-refractivity contribution is 6.39. The van der Waals surface area contributed by atoms with Crippen LogP contribution in [-0.2, 0) is 9.59 Å². The summed E-state index contributed by atoms with van der Waals surface area (Å²) in [5.74, 6) is -0.402. The van der Waals surface area contributed by atoms with Gasteiger partial charge in [0.1, 0.15) is 5.82 Å². The monoisotopic (exact) mass is 437 g/mol. The van der Waals surface area contributed by atoms with E-state index in [9.17, 15) is 14.0 Å². The number of fused-ring (bicyclic) bond motifs is 2. The number of hydrogen-bond donors (Lipinski definition) is 1. The summed E-state index contributed by atoms with van der Waals surface area (Å²) < 4.78 is 13.8. The number of aromatic nitrogens is 1. The smallest absolute Gasteiger partial charge is 0.313 e. The standard InChI is InChI=1S/C24H21ClFN3O2/c25-17-1-4-19(5-2-17)28-23(30)24(31)29-12-15-9-14(10-16(15)13-29)20-7-8-27-22-6-3-18(26)11-21(20)22/h1-8,11,14-16H,9-10,12-13H2,(H,28,30)/t14?,15-,16?/m1/s1. The largest absolute Gasteiger partial charge is 0.334 e. The molecule has 5 nitrogen and oxygen atoms in total. The number of nitrogens with one attached hydrogen (secondary N) is 1.